The molecule has 1 aliphatic heterocycles. The molecule has 0 radical (unpaired) electrons. The number of esters is 2. The Morgan fingerprint density at radius 3 is 1.13 bits per heavy atom. The van der Waals surface area contributed by atoms with Gasteiger partial charge in [-0.15, -0.1) is 34.0 Å². The van der Waals surface area contributed by atoms with Crippen LogP contribution in [-0.2, 0) is 47.4 Å². The topological polar surface area (TPSA) is 272 Å². The van der Waals surface area contributed by atoms with Gasteiger partial charge in [0, 0.05) is 136 Å². The third-order valence-electron chi connectivity index (χ3n) is 21.3. The van der Waals surface area contributed by atoms with E-state index in [0.717, 1.165) is 157 Å². The number of fused-ring (bicyclic) bond motifs is 3. The van der Waals surface area contributed by atoms with Crippen LogP contribution < -0.4 is 11.0 Å². The first-order chi connectivity index (χ1) is 61.9. The zero-order chi connectivity index (χ0) is 94.5. The second kappa shape index (κ2) is 40.7. The van der Waals surface area contributed by atoms with E-state index < -0.39 is 53.0 Å². The molecule has 21 nitrogen and oxygen atoms in total. The lowest BCUT2D eigenvalue weighted by molar-refractivity contribution is -0.167. The van der Waals surface area contributed by atoms with E-state index in [1.807, 2.05) is 243 Å². The van der Waals surface area contributed by atoms with Crippen molar-refractivity contribution in [1.29, 1.82) is 0 Å². The first-order valence-electron chi connectivity index (χ1n) is 42.6. The second-order valence-corrected chi connectivity index (χ2v) is 40.1. The summed E-state index contributed by atoms with van der Waals surface area (Å²) in [5, 5.41) is 14.9. The van der Waals surface area contributed by atoms with Gasteiger partial charge in [-0.2, -0.15) is 0 Å². The molecule has 3 atom stereocenters. The van der Waals surface area contributed by atoms with Crippen LogP contribution in [0.15, 0.2) is 206 Å². The lowest BCUT2D eigenvalue weighted by atomic mass is 9.80. The number of pyridine rings is 6. The van der Waals surface area contributed by atoms with Crippen LogP contribution in [0, 0.1) is 34.6 Å². The number of carboxylic acids is 1. The average molecular weight is 1890 g/mol. The second-order valence-electron chi connectivity index (χ2n) is 35.4. The Kier molecular flexibility index (Phi) is 30.3. The lowest BCUT2D eigenvalue weighted by Crippen LogP contribution is -2.41. The lowest BCUT2D eigenvalue weighted by Gasteiger charge is -2.32. The van der Waals surface area contributed by atoms with Crippen molar-refractivity contribution >= 4 is 142 Å². The van der Waals surface area contributed by atoms with Crippen molar-refractivity contribution in [3.8, 4) is 87.6 Å². The summed E-state index contributed by atoms with van der Waals surface area (Å²) in [6.45, 7) is 39.2. The molecule has 6 aromatic carbocycles. The summed E-state index contributed by atoms with van der Waals surface area (Å²) in [6, 6.07) is 51.1. The third kappa shape index (κ3) is 23.6. The average Bonchev–Trinajstić information content (AvgIpc) is 1.63. The van der Waals surface area contributed by atoms with Crippen molar-refractivity contribution in [2.45, 2.75) is 185 Å². The highest BCUT2D eigenvalue weighted by Gasteiger charge is 2.52. The predicted octanol–water partition coefficient (Wildman–Crippen LogP) is 25.8. The standard InChI is InChI=1S/C33H32ClN3O3S.C30H26ClN3O4S.C27H26Cl2N2O3S.C12H18BNO2/c1-7-39-32(38)29(40-33(4,5)6)27-19(2)16-26-30(28(27)21-10-12-24(34)13-11-21)41-31(37-26)22-14-15-35-25(17-22)23-9-8-20(3)36-18-23;1-16-13-22-27(39-28(34-22)18-11-12-32-21(14-18)19-7-10-23(35)33-15-19)25(17-5-8-20(31)9-6-17)24(16)26(29(36)37)38-30(2,3)4;1-6-33-26(32)23(34-27(3,4)5)21-15(2)13-19-24(22(21)16-7-9-18(28)10-8-16)35-25(31-19)17-11-12-30-20(29)14-17;1-9-6-7-10(8-14-9)13-15-11(2,3)12(4,5)16-13/h8-18,29H,7H2,1-6H3;5-15,26H,1-4H3,(H,33,35)(H,36,37);7-14,23H,6H2,1-5H3;6-8H,1-5H3/t29-;26-;23-;/m000./s1. The fraction of sp³-hybridized carbons (Fsp3) is 0.294. The number of aromatic nitrogens is 9. The molecule has 0 bridgehead atoms. The van der Waals surface area contributed by atoms with E-state index in [9.17, 15) is 24.3 Å². The molecule has 15 aromatic rings. The van der Waals surface area contributed by atoms with Gasteiger partial charge in [-0.25, -0.2) is 34.3 Å². The van der Waals surface area contributed by atoms with Gasteiger partial charge >= 0.3 is 25.0 Å². The summed E-state index contributed by atoms with van der Waals surface area (Å²) in [5.41, 5.74) is 18.5. The summed E-state index contributed by atoms with van der Waals surface area (Å²) >= 11 is 29.4. The number of thiazole rings is 3. The number of carbonyl (C=O) groups excluding carboxylic acids is 2. The largest absolute Gasteiger partial charge is 0.496 e. The van der Waals surface area contributed by atoms with Crippen LogP contribution in [-0.4, -0.2) is 116 Å². The number of ether oxygens (including phenoxy) is 5. The Hall–Kier alpha value is -10.9. The maximum atomic E-state index is 13.4. The van der Waals surface area contributed by atoms with Crippen LogP contribution in [0.1, 0.15) is 167 Å². The first-order valence-corrected chi connectivity index (χ1v) is 46.5. The number of halogens is 4. The number of aryl methyl sites for hydroxylation is 5. The number of benzene rings is 6. The number of carbonyl (C=O) groups is 3. The zero-order valence-corrected chi connectivity index (χ0v) is 82.0. The highest BCUT2D eigenvalue weighted by atomic mass is 35.5. The van der Waals surface area contributed by atoms with Crippen molar-refractivity contribution in [3.63, 3.8) is 0 Å². The predicted molar refractivity (Wildman–Crippen MR) is 529 cm³/mol. The fourth-order valence-corrected chi connectivity index (χ4v) is 18.6. The molecule has 29 heteroatoms. The first kappa shape index (κ1) is 97.6. The summed E-state index contributed by atoms with van der Waals surface area (Å²) in [6.07, 6.45) is 7.42. The van der Waals surface area contributed by atoms with Crippen LogP contribution >= 0.6 is 80.4 Å². The number of carboxylic acid groups (broad SMARTS) is 1. The molecular formula is C102H102BCl4N9O12S3. The van der Waals surface area contributed by atoms with Gasteiger partial charge in [0.05, 0.1) is 83.3 Å². The number of hydrogen-bond acceptors (Lipinski definition) is 22. The molecule has 16 rings (SSSR count). The SMILES string of the molecule is CCOC(=O)[C@@H](OC(C)(C)C)c1c(C)cc2nc(-c3ccnc(-c4ccc(C)nc4)c3)sc2c1-c1ccc(Cl)cc1.CCOC(=O)[C@@H](OC(C)(C)C)c1c(C)cc2nc(-c3ccnc(Cl)c3)sc2c1-c1ccc(Cl)cc1.Cc1cc2nc(-c3ccnc(-c4ccc(=O)[nH]c4)c3)sc2c(-c2ccc(Cl)cc2)c1[C@H](OC(C)(C)C)C(=O)O.Cc1ccc(B2OC(C)(C)C(C)(C)O2)cn1. The van der Waals surface area contributed by atoms with Gasteiger partial charge < -0.3 is 43.1 Å². The van der Waals surface area contributed by atoms with E-state index >= 15 is 0 Å². The Labute approximate surface area is 794 Å². The molecule has 131 heavy (non-hydrogen) atoms. The summed E-state index contributed by atoms with van der Waals surface area (Å²) in [4.78, 5) is 90.0. The number of aromatic amines is 1. The molecule has 0 saturated carbocycles. The quantitative estimate of drug-likeness (QED) is 0.0408. The number of rotatable bonds is 20. The maximum absolute atomic E-state index is 13.4. The molecule has 0 aliphatic carbocycles. The molecule has 10 heterocycles. The Balaban J connectivity index is 0.000000154. The van der Waals surface area contributed by atoms with Gasteiger partial charge in [-0.05, 0) is 287 Å². The van der Waals surface area contributed by atoms with Crippen LogP contribution in [0.4, 0.5) is 0 Å². The van der Waals surface area contributed by atoms with E-state index in [0.29, 0.717) is 31.5 Å². The Morgan fingerprint density at radius 2 is 0.786 bits per heavy atom. The van der Waals surface area contributed by atoms with E-state index in [1.54, 1.807) is 74.2 Å². The van der Waals surface area contributed by atoms with E-state index in [-0.39, 0.29) is 37.1 Å². The summed E-state index contributed by atoms with van der Waals surface area (Å²) < 4.78 is 44.3. The molecule has 1 aliphatic rings. The van der Waals surface area contributed by atoms with E-state index in [1.165, 1.54) is 28.7 Å². The number of hydrogen-bond donors (Lipinski definition) is 2. The number of aliphatic carboxylic acids is 1. The van der Waals surface area contributed by atoms with Crippen LogP contribution in [0.3, 0.4) is 0 Å². The van der Waals surface area contributed by atoms with E-state index in [4.69, 9.17) is 94.3 Å². The third-order valence-corrected chi connectivity index (χ3v) is 25.7. The fourth-order valence-electron chi connectivity index (χ4n) is 14.7. The van der Waals surface area contributed by atoms with Gasteiger partial charge in [0.1, 0.15) is 20.2 Å². The summed E-state index contributed by atoms with van der Waals surface area (Å²) in [7, 11) is -0.307. The zero-order valence-electron chi connectivity index (χ0n) is 76.5. The molecule has 676 valence electrons. The van der Waals surface area contributed by atoms with Gasteiger partial charge in [0.25, 0.3) is 0 Å². The van der Waals surface area contributed by atoms with Crippen molar-refractivity contribution in [2.75, 3.05) is 13.2 Å². The van der Waals surface area contributed by atoms with Gasteiger partial charge in [0.15, 0.2) is 18.3 Å². The summed E-state index contributed by atoms with van der Waals surface area (Å²) in [5.74, 6) is -1.91. The van der Waals surface area contributed by atoms with Crippen molar-refractivity contribution in [2.24, 2.45) is 0 Å². The maximum Gasteiger partial charge on any atom is 0.496 e. The van der Waals surface area contributed by atoms with Crippen LogP contribution in [0.2, 0.25) is 20.2 Å². The molecular weight excluding hydrogens is 1790 g/mol. The number of nitrogens with zero attached hydrogens (tertiary/aromatic N) is 8. The minimum absolute atomic E-state index is 0.183. The molecule has 1 saturated heterocycles. The highest BCUT2D eigenvalue weighted by Crippen LogP contribution is 2.50. The highest BCUT2D eigenvalue weighted by molar-refractivity contribution is 7.23. The van der Waals surface area contributed by atoms with Crippen molar-refractivity contribution < 1.29 is 52.5 Å². The minimum atomic E-state index is -1.18. The smallest absolute Gasteiger partial charge is 0.479 e. The molecule has 9 aromatic heterocycles. The van der Waals surface area contributed by atoms with Gasteiger partial charge in [-0.1, -0.05) is 88.9 Å². The van der Waals surface area contributed by atoms with E-state index in [2.05, 4.69) is 57.6 Å². The van der Waals surface area contributed by atoms with Gasteiger partial charge in [0.2, 0.25) is 5.56 Å². The molecule has 2 N–H and O–H groups in total. The molecule has 0 unspecified atom stereocenters. The molecule has 0 spiro atoms. The van der Waals surface area contributed by atoms with Crippen molar-refractivity contribution in [3.05, 3.63) is 276 Å². The molecule has 1 fully saturated rings. The normalized spacial score (nSPS) is 13.8. The number of nitrogens with one attached hydrogen (secondary N) is 1. The van der Waals surface area contributed by atoms with Crippen LogP contribution in [0.5, 0.6) is 0 Å². The van der Waals surface area contributed by atoms with Gasteiger partial charge in [-0.3, -0.25) is 24.7 Å². The Morgan fingerprint density at radius 1 is 0.435 bits per heavy atom. The monoisotopic (exact) mass is 1890 g/mol. The minimum Gasteiger partial charge on any atom is -0.479 e. The van der Waals surface area contributed by atoms with Crippen LogP contribution in [0.25, 0.3) is 118 Å². The van der Waals surface area contributed by atoms with Crippen molar-refractivity contribution in [1.82, 2.24) is 44.9 Å². The molecule has 0 amide bonds. The number of H-pyrrole nitrogens is 1. The Bertz CT molecular complexity index is 6720.